The molecule has 13 nitrogen and oxygen atoms in total. The fraction of sp³-hybridized carbons (Fsp3) is 0.308. The highest BCUT2D eigenvalue weighted by Crippen LogP contribution is 2.52. The first-order valence-corrected chi connectivity index (χ1v) is 17.0. The van der Waals surface area contributed by atoms with Crippen molar-refractivity contribution in [2.45, 2.75) is 58.6 Å². The number of aliphatic carboxylic acids is 1. The van der Waals surface area contributed by atoms with Crippen LogP contribution in [0.3, 0.4) is 0 Å². The zero-order valence-corrected chi connectivity index (χ0v) is 29.9. The molecule has 14 heteroatoms. The molecular weight excluding hydrogens is 685 g/mol. The third-order valence-electron chi connectivity index (χ3n) is 9.15. The first-order valence-electron chi connectivity index (χ1n) is 17.0. The smallest absolute Gasteiger partial charge is 0.408 e. The number of carboxylic acid groups (broad SMARTS) is 1. The minimum atomic E-state index is -1.14. The molecule has 1 fully saturated rings. The third kappa shape index (κ3) is 8.01. The van der Waals surface area contributed by atoms with Gasteiger partial charge in [0.1, 0.15) is 28.7 Å². The van der Waals surface area contributed by atoms with E-state index in [2.05, 4.69) is 15.6 Å². The Balaban J connectivity index is 1.10. The van der Waals surface area contributed by atoms with Gasteiger partial charge >= 0.3 is 12.1 Å². The summed E-state index contributed by atoms with van der Waals surface area (Å²) in [5.41, 5.74) is -0.272. The Morgan fingerprint density at radius 1 is 1.02 bits per heavy atom. The molecule has 1 aliphatic rings. The summed E-state index contributed by atoms with van der Waals surface area (Å²) in [7, 11) is 1.68. The lowest BCUT2D eigenvalue weighted by atomic mass is 9.93. The largest absolute Gasteiger partial charge is 0.493 e. The van der Waals surface area contributed by atoms with Gasteiger partial charge in [-0.25, -0.2) is 18.7 Å². The summed E-state index contributed by atoms with van der Waals surface area (Å²) in [4.78, 5) is 55.2. The number of hydrogen-bond donors (Lipinski definition) is 3. The Hall–Kier alpha value is -6.18. The van der Waals surface area contributed by atoms with Crippen LogP contribution in [0.25, 0.3) is 16.6 Å². The van der Waals surface area contributed by atoms with E-state index in [9.17, 15) is 24.3 Å². The summed E-state index contributed by atoms with van der Waals surface area (Å²) in [6.07, 6.45) is 2.36. The van der Waals surface area contributed by atoms with Crippen molar-refractivity contribution in [1.29, 1.82) is 0 Å². The molecule has 0 saturated heterocycles. The van der Waals surface area contributed by atoms with E-state index in [-0.39, 0.29) is 23.6 Å². The van der Waals surface area contributed by atoms with Crippen LogP contribution in [0.1, 0.15) is 56.1 Å². The molecule has 2 amide bonds. The van der Waals surface area contributed by atoms with Gasteiger partial charge in [-0.15, -0.1) is 0 Å². The van der Waals surface area contributed by atoms with Crippen molar-refractivity contribution in [2.24, 2.45) is 12.5 Å². The van der Waals surface area contributed by atoms with Gasteiger partial charge in [0.2, 0.25) is 0 Å². The van der Waals surface area contributed by atoms with E-state index in [1.54, 1.807) is 88.0 Å². The summed E-state index contributed by atoms with van der Waals surface area (Å²) < 4.78 is 35.5. The average molecular weight is 726 g/mol. The topological polar surface area (TPSA) is 163 Å². The molecule has 0 aliphatic heterocycles. The lowest BCUT2D eigenvalue weighted by Crippen LogP contribution is -2.49. The number of fused-ring (bicyclic) bond motifs is 1. The number of nitrogens with zero attached hydrogens (tertiary/aromatic N) is 3. The second kappa shape index (κ2) is 14.4. The van der Waals surface area contributed by atoms with Crippen LogP contribution in [0.5, 0.6) is 17.2 Å². The van der Waals surface area contributed by atoms with Gasteiger partial charge in [-0.1, -0.05) is 18.2 Å². The first-order chi connectivity index (χ1) is 25.2. The molecular formula is C39H40FN5O8. The highest BCUT2D eigenvalue weighted by atomic mass is 19.1. The lowest BCUT2D eigenvalue weighted by Gasteiger charge is -2.26. The fourth-order valence-corrected chi connectivity index (χ4v) is 6.20. The molecule has 1 unspecified atom stereocenters. The quantitative estimate of drug-likeness (QED) is 0.126. The maximum atomic E-state index is 15.3. The van der Waals surface area contributed by atoms with Crippen LogP contribution in [0.2, 0.25) is 0 Å². The van der Waals surface area contributed by atoms with Gasteiger partial charge in [-0.3, -0.25) is 19.3 Å². The molecule has 0 bridgehead atoms. The highest BCUT2D eigenvalue weighted by molar-refractivity contribution is 6.05. The van der Waals surface area contributed by atoms with Crippen LogP contribution >= 0.6 is 0 Å². The van der Waals surface area contributed by atoms with Crippen molar-refractivity contribution in [1.82, 2.24) is 19.7 Å². The summed E-state index contributed by atoms with van der Waals surface area (Å²) in [5.74, 6) is -1.83. The standard InChI is InChI=1S/C39H40FN5O8/c1-23-32(35(47)45(44(23)5)25-9-7-6-8-10-25)34(46)42-24-11-14-31(28(40)21-24)52-30-15-19-41-29-22-26(12-13-27(29)30)51-20-18-39(16-17-39)33(36(48)49)43-37(50)53-38(2,3)4/h6-15,19,21-22,33H,16-18,20H2,1-5H3,(H,42,46)(H,43,50)(H,48,49). The second-order valence-corrected chi connectivity index (χ2v) is 14.0. The number of carboxylic acids is 1. The van der Waals surface area contributed by atoms with Crippen LogP contribution in [0, 0.1) is 18.2 Å². The average Bonchev–Trinajstić information content (AvgIpc) is 3.84. The number of carbonyl (C=O) groups is 3. The van der Waals surface area contributed by atoms with Crippen LogP contribution in [-0.2, 0) is 16.6 Å². The highest BCUT2D eigenvalue weighted by Gasteiger charge is 2.53. The molecule has 2 aromatic heterocycles. The SMILES string of the molecule is Cc1c(C(=O)Nc2ccc(Oc3ccnc4cc(OCCC5(C(NC(=O)OC(C)(C)C)C(=O)O)CC5)ccc34)c(F)c2)c(=O)n(-c2ccccc2)n1C. The van der Waals surface area contributed by atoms with Crippen molar-refractivity contribution < 1.29 is 38.1 Å². The fourth-order valence-electron chi connectivity index (χ4n) is 6.20. The van der Waals surface area contributed by atoms with Crippen LogP contribution in [-0.4, -0.2) is 55.7 Å². The van der Waals surface area contributed by atoms with E-state index in [1.165, 1.54) is 23.0 Å². The molecule has 276 valence electrons. The van der Waals surface area contributed by atoms with Crippen molar-refractivity contribution in [3.63, 3.8) is 0 Å². The number of carbonyl (C=O) groups excluding carboxylic acids is 2. The second-order valence-electron chi connectivity index (χ2n) is 14.0. The van der Waals surface area contributed by atoms with Gasteiger partial charge < -0.3 is 30.0 Å². The molecule has 0 spiro atoms. The number of aromatic nitrogens is 3. The monoisotopic (exact) mass is 725 g/mol. The number of amides is 2. The van der Waals surface area contributed by atoms with Crippen molar-refractivity contribution in [3.05, 3.63) is 106 Å². The molecule has 1 saturated carbocycles. The van der Waals surface area contributed by atoms with Crippen molar-refractivity contribution in [3.8, 4) is 22.9 Å². The summed E-state index contributed by atoms with van der Waals surface area (Å²) in [6, 6.07) is 18.5. The Morgan fingerprint density at radius 2 is 1.75 bits per heavy atom. The maximum absolute atomic E-state index is 15.3. The van der Waals surface area contributed by atoms with Gasteiger partial charge in [-0.05, 0) is 89.4 Å². The van der Waals surface area contributed by atoms with E-state index in [1.807, 2.05) is 6.07 Å². The molecule has 6 rings (SSSR count). The Bertz CT molecular complexity index is 2260. The number of hydrogen-bond acceptors (Lipinski definition) is 8. The number of para-hydroxylation sites is 1. The molecule has 3 N–H and O–H groups in total. The number of halogens is 1. The normalized spacial score (nSPS) is 13.9. The summed E-state index contributed by atoms with van der Waals surface area (Å²) in [5, 5.41) is 15.6. The van der Waals surface area contributed by atoms with Crippen LogP contribution < -0.4 is 25.7 Å². The van der Waals surface area contributed by atoms with Crippen LogP contribution in [0.4, 0.5) is 14.9 Å². The molecule has 1 atom stereocenters. The van der Waals surface area contributed by atoms with E-state index < -0.39 is 46.4 Å². The lowest BCUT2D eigenvalue weighted by molar-refractivity contribution is -0.141. The van der Waals surface area contributed by atoms with E-state index in [0.29, 0.717) is 53.0 Å². The van der Waals surface area contributed by atoms with Gasteiger partial charge in [-0.2, -0.15) is 0 Å². The van der Waals surface area contributed by atoms with E-state index >= 15 is 4.39 Å². The predicted octanol–water partition coefficient (Wildman–Crippen LogP) is 6.74. The molecule has 1 aliphatic carbocycles. The van der Waals surface area contributed by atoms with Gasteiger partial charge in [0, 0.05) is 41.9 Å². The Kier molecular flexibility index (Phi) is 9.98. The molecule has 3 aromatic carbocycles. The number of pyridine rings is 1. The minimum Gasteiger partial charge on any atom is -0.493 e. The van der Waals surface area contributed by atoms with Gasteiger partial charge in [0.25, 0.3) is 11.5 Å². The number of benzene rings is 3. The number of alkyl carbamates (subject to hydrolysis) is 1. The third-order valence-corrected chi connectivity index (χ3v) is 9.15. The van der Waals surface area contributed by atoms with E-state index in [4.69, 9.17) is 14.2 Å². The van der Waals surface area contributed by atoms with Crippen LogP contribution in [0.15, 0.2) is 83.8 Å². The predicted molar refractivity (Wildman–Crippen MR) is 194 cm³/mol. The zero-order valence-electron chi connectivity index (χ0n) is 29.9. The maximum Gasteiger partial charge on any atom is 0.408 e. The van der Waals surface area contributed by atoms with Crippen molar-refractivity contribution in [2.75, 3.05) is 11.9 Å². The molecule has 53 heavy (non-hydrogen) atoms. The molecule has 2 heterocycles. The van der Waals surface area contributed by atoms with Gasteiger partial charge in [0.15, 0.2) is 11.6 Å². The molecule has 0 radical (unpaired) electrons. The molecule has 5 aromatic rings. The number of nitrogens with one attached hydrogen (secondary N) is 2. The van der Waals surface area contributed by atoms with E-state index in [0.717, 1.165) is 6.07 Å². The van der Waals surface area contributed by atoms with Gasteiger partial charge in [0.05, 0.1) is 23.5 Å². The zero-order chi connectivity index (χ0) is 38.1. The summed E-state index contributed by atoms with van der Waals surface area (Å²) in [6.45, 7) is 6.97. The number of anilines is 1. The summed E-state index contributed by atoms with van der Waals surface area (Å²) >= 11 is 0. The first kappa shape index (κ1) is 36.6. The number of ether oxygens (including phenoxy) is 3. The minimum absolute atomic E-state index is 0.0598. The number of rotatable bonds is 12. The Morgan fingerprint density at radius 3 is 2.42 bits per heavy atom. The Labute approximate surface area is 304 Å². The van der Waals surface area contributed by atoms with Crippen molar-refractivity contribution >= 4 is 34.6 Å².